The first-order valence-electron chi connectivity index (χ1n) is 5.32. The molecule has 0 aliphatic carbocycles. The molecule has 3 nitrogen and oxygen atoms in total. The van der Waals surface area contributed by atoms with Gasteiger partial charge >= 0.3 is 0 Å². The Morgan fingerprint density at radius 1 is 1.06 bits per heavy atom. The molecule has 2 aromatic heterocycles. The van der Waals surface area contributed by atoms with Gasteiger partial charge in [-0.05, 0) is 43.3 Å². The van der Waals surface area contributed by atoms with Crippen molar-refractivity contribution < 1.29 is 4.39 Å². The summed E-state index contributed by atoms with van der Waals surface area (Å²) in [6.07, 6.45) is 0. The van der Waals surface area contributed by atoms with Crippen molar-refractivity contribution >= 4 is 11.0 Å². The van der Waals surface area contributed by atoms with E-state index < -0.39 is 0 Å². The highest BCUT2D eigenvalue weighted by atomic mass is 19.1. The molecule has 0 saturated carbocycles. The van der Waals surface area contributed by atoms with Crippen molar-refractivity contribution in [3.63, 3.8) is 0 Å². The lowest BCUT2D eigenvalue weighted by atomic mass is 10.1. The van der Waals surface area contributed by atoms with E-state index in [-0.39, 0.29) is 5.82 Å². The van der Waals surface area contributed by atoms with E-state index >= 15 is 0 Å². The number of benzene rings is 1. The Hall–Kier alpha value is -2.23. The summed E-state index contributed by atoms with van der Waals surface area (Å²) in [5, 5.41) is 8.01. The van der Waals surface area contributed by atoms with E-state index in [0.29, 0.717) is 5.65 Å². The Morgan fingerprint density at radius 2 is 1.82 bits per heavy atom. The van der Waals surface area contributed by atoms with Gasteiger partial charge < -0.3 is 0 Å². The summed E-state index contributed by atoms with van der Waals surface area (Å²) in [6.45, 7) is 1.95. The van der Waals surface area contributed by atoms with Crippen LogP contribution in [0.1, 0.15) is 5.69 Å². The van der Waals surface area contributed by atoms with Gasteiger partial charge in [0.25, 0.3) is 0 Å². The van der Waals surface area contributed by atoms with E-state index in [0.717, 1.165) is 22.3 Å². The number of halogens is 1. The molecule has 0 radical (unpaired) electrons. The summed E-state index contributed by atoms with van der Waals surface area (Å²) in [6, 6.07) is 10.2. The quantitative estimate of drug-likeness (QED) is 0.694. The van der Waals surface area contributed by atoms with Crippen LogP contribution in [-0.2, 0) is 0 Å². The summed E-state index contributed by atoms with van der Waals surface area (Å²) in [4.78, 5) is 4.43. The molecule has 0 unspecified atom stereocenters. The van der Waals surface area contributed by atoms with E-state index in [9.17, 15) is 4.39 Å². The Balaban J connectivity index is 2.14. The normalized spacial score (nSPS) is 10.9. The molecular formula is C13H10FN3. The summed E-state index contributed by atoms with van der Waals surface area (Å²) >= 11 is 0. The van der Waals surface area contributed by atoms with Crippen LogP contribution in [-0.4, -0.2) is 15.2 Å². The molecule has 84 valence electrons. The Labute approximate surface area is 97.3 Å². The summed E-state index contributed by atoms with van der Waals surface area (Å²) in [5.74, 6) is -0.245. The van der Waals surface area contributed by atoms with E-state index in [4.69, 9.17) is 0 Å². The molecule has 0 aliphatic heterocycles. The fourth-order valence-corrected chi connectivity index (χ4v) is 1.80. The van der Waals surface area contributed by atoms with Crippen LogP contribution >= 0.6 is 0 Å². The van der Waals surface area contributed by atoms with Gasteiger partial charge in [0.15, 0.2) is 5.65 Å². The topological polar surface area (TPSA) is 41.6 Å². The summed E-state index contributed by atoms with van der Waals surface area (Å²) < 4.78 is 12.8. The van der Waals surface area contributed by atoms with Crippen LogP contribution in [0.4, 0.5) is 4.39 Å². The van der Waals surface area contributed by atoms with Crippen LogP contribution in [0.25, 0.3) is 22.3 Å². The molecular weight excluding hydrogens is 217 g/mol. The maximum atomic E-state index is 12.8. The largest absolute Gasteiger partial charge is 0.280 e. The number of aromatic amines is 1. The van der Waals surface area contributed by atoms with E-state index in [2.05, 4.69) is 15.2 Å². The highest BCUT2D eigenvalue weighted by Gasteiger charge is 2.05. The number of pyridine rings is 1. The second kappa shape index (κ2) is 3.66. The highest BCUT2D eigenvalue weighted by molar-refractivity contribution is 5.80. The van der Waals surface area contributed by atoms with Gasteiger partial charge in [-0.1, -0.05) is 0 Å². The predicted octanol–water partition coefficient (Wildman–Crippen LogP) is 3.07. The lowest BCUT2D eigenvalue weighted by Crippen LogP contribution is -1.85. The molecule has 2 heterocycles. The van der Waals surface area contributed by atoms with Gasteiger partial charge in [-0.25, -0.2) is 9.37 Å². The van der Waals surface area contributed by atoms with Gasteiger partial charge in [0.1, 0.15) is 5.82 Å². The molecule has 0 amide bonds. The molecule has 0 aliphatic rings. The zero-order valence-corrected chi connectivity index (χ0v) is 9.24. The number of aryl methyl sites for hydroxylation is 1. The minimum absolute atomic E-state index is 0.245. The minimum Gasteiger partial charge on any atom is -0.280 e. The zero-order valence-electron chi connectivity index (χ0n) is 9.24. The summed E-state index contributed by atoms with van der Waals surface area (Å²) in [5.41, 5.74) is 3.36. The number of hydrogen-bond donors (Lipinski definition) is 1. The molecule has 4 heteroatoms. The van der Waals surface area contributed by atoms with Crippen molar-refractivity contribution in [1.82, 2.24) is 15.2 Å². The van der Waals surface area contributed by atoms with Gasteiger partial charge in [-0.2, -0.15) is 5.10 Å². The molecule has 17 heavy (non-hydrogen) atoms. The highest BCUT2D eigenvalue weighted by Crippen LogP contribution is 2.21. The van der Waals surface area contributed by atoms with Crippen LogP contribution in [0.15, 0.2) is 36.4 Å². The van der Waals surface area contributed by atoms with Crippen LogP contribution < -0.4 is 0 Å². The minimum atomic E-state index is -0.245. The fourth-order valence-electron chi connectivity index (χ4n) is 1.80. The smallest absolute Gasteiger partial charge is 0.181 e. The fraction of sp³-hybridized carbons (Fsp3) is 0.0769. The Bertz CT molecular complexity index is 671. The van der Waals surface area contributed by atoms with Crippen molar-refractivity contribution in [2.75, 3.05) is 0 Å². The number of nitrogens with one attached hydrogen (secondary N) is 1. The van der Waals surface area contributed by atoms with E-state index in [1.807, 2.05) is 19.1 Å². The number of nitrogens with zero attached hydrogens (tertiary/aromatic N) is 2. The lowest BCUT2D eigenvalue weighted by molar-refractivity contribution is 0.628. The Kier molecular flexibility index (Phi) is 2.14. The second-order valence-corrected chi connectivity index (χ2v) is 3.92. The average molecular weight is 227 g/mol. The third-order valence-electron chi connectivity index (χ3n) is 2.75. The number of aromatic nitrogens is 3. The lowest BCUT2D eigenvalue weighted by Gasteiger charge is -2.00. The van der Waals surface area contributed by atoms with E-state index in [1.165, 1.54) is 12.1 Å². The van der Waals surface area contributed by atoms with Gasteiger partial charge in [0.05, 0.1) is 5.69 Å². The van der Waals surface area contributed by atoms with Crippen molar-refractivity contribution in [2.45, 2.75) is 6.92 Å². The average Bonchev–Trinajstić information content (AvgIpc) is 2.72. The van der Waals surface area contributed by atoms with Crippen molar-refractivity contribution in [1.29, 1.82) is 0 Å². The third kappa shape index (κ3) is 1.67. The molecule has 1 N–H and O–H groups in total. The van der Waals surface area contributed by atoms with Crippen LogP contribution in [0, 0.1) is 12.7 Å². The number of rotatable bonds is 1. The van der Waals surface area contributed by atoms with Crippen LogP contribution in [0.2, 0.25) is 0 Å². The summed E-state index contributed by atoms with van der Waals surface area (Å²) in [7, 11) is 0. The van der Waals surface area contributed by atoms with E-state index in [1.54, 1.807) is 12.1 Å². The van der Waals surface area contributed by atoms with Crippen molar-refractivity contribution in [3.05, 3.63) is 47.9 Å². The SMILES string of the molecule is Cc1[nH]nc2nc(-c3ccc(F)cc3)ccc12. The molecule has 3 aromatic rings. The molecule has 0 atom stereocenters. The van der Waals surface area contributed by atoms with Crippen LogP contribution in [0.5, 0.6) is 0 Å². The number of fused-ring (bicyclic) bond motifs is 1. The van der Waals surface area contributed by atoms with Gasteiger partial charge in [-0.3, -0.25) is 5.10 Å². The van der Waals surface area contributed by atoms with Gasteiger partial charge in [0.2, 0.25) is 0 Å². The molecule has 0 fully saturated rings. The monoisotopic (exact) mass is 227 g/mol. The third-order valence-corrected chi connectivity index (χ3v) is 2.75. The second-order valence-electron chi connectivity index (χ2n) is 3.92. The zero-order chi connectivity index (χ0) is 11.8. The standard InChI is InChI=1S/C13H10FN3/c1-8-11-6-7-12(15-13(11)17-16-8)9-2-4-10(14)5-3-9/h2-7H,1H3,(H,15,16,17). The maximum absolute atomic E-state index is 12.8. The first kappa shape index (κ1) is 9.96. The maximum Gasteiger partial charge on any atom is 0.181 e. The molecule has 1 aromatic carbocycles. The van der Waals surface area contributed by atoms with Crippen molar-refractivity contribution in [3.8, 4) is 11.3 Å². The molecule has 0 saturated heterocycles. The molecule has 0 bridgehead atoms. The molecule has 3 rings (SSSR count). The first-order chi connectivity index (χ1) is 8.24. The predicted molar refractivity (Wildman–Crippen MR) is 64.0 cm³/mol. The van der Waals surface area contributed by atoms with Gasteiger partial charge in [0, 0.05) is 16.6 Å². The molecule has 0 spiro atoms. The number of hydrogen-bond acceptors (Lipinski definition) is 2. The van der Waals surface area contributed by atoms with Crippen LogP contribution in [0.3, 0.4) is 0 Å². The number of H-pyrrole nitrogens is 1. The Morgan fingerprint density at radius 3 is 2.59 bits per heavy atom. The van der Waals surface area contributed by atoms with Crippen molar-refractivity contribution in [2.24, 2.45) is 0 Å². The van der Waals surface area contributed by atoms with Gasteiger partial charge in [-0.15, -0.1) is 0 Å². The first-order valence-corrected chi connectivity index (χ1v) is 5.32.